The molecule has 4 aliphatic carbocycles. The highest BCUT2D eigenvalue weighted by molar-refractivity contribution is 5.82. The molecule has 0 aromatic heterocycles. The molecule has 0 bridgehead atoms. The SMILES string of the molecule is O=C(C=CC1CCC(O)C(OC2OC(CO)C(O)C(O)C2O)C1)OCC1OC(OC2CCC(C=CC(=O)OCC3OC(OC4C(OC5CC6C(O)CC(O)CC6[OH+]C5C5CCC(O)C(O)C5)OC(CO)C(O)C4O)C(O)C(O)C3O)CC2O)C(O)C(O)C1O. The van der Waals surface area contributed by atoms with E-state index in [0.717, 1.165) is 12.2 Å². The Balaban J connectivity index is 0.741. The van der Waals surface area contributed by atoms with Crippen molar-refractivity contribution in [3.8, 4) is 0 Å². The van der Waals surface area contributed by atoms with Crippen molar-refractivity contribution < 1.29 is 159 Å². The average molecular weight is 1290 g/mol. The molecule has 35 atom stereocenters. The number of esters is 2. The van der Waals surface area contributed by atoms with Gasteiger partial charge in [-0.3, -0.25) is 0 Å². The largest absolute Gasteiger partial charge is 0.460 e. The molecule has 0 aromatic rings. The minimum atomic E-state index is -2.02. The van der Waals surface area contributed by atoms with Crippen molar-refractivity contribution in [3.63, 3.8) is 0 Å². The van der Waals surface area contributed by atoms with Gasteiger partial charge >= 0.3 is 11.9 Å². The van der Waals surface area contributed by atoms with Crippen LogP contribution in [-0.4, -0.2) is 330 Å². The molecule has 0 aromatic carbocycles. The number of fused-ring (bicyclic) bond motifs is 1. The average Bonchev–Trinajstić information content (AvgIpc) is 0.938. The van der Waals surface area contributed by atoms with Gasteiger partial charge in [0.05, 0.1) is 68.0 Å². The van der Waals surface area contributed by atoms with Crippen LogP contribution in [0.15, 0.2) is 24.3 Å². The molecule has 5 saturated heterocycles. The predicted molar refractivity (Wildman–Crippen MR) is 290 cm³/mol. The van der Waals surface area contributed by atoms with Crippen LogP contribution >= 0.6 is 0 Å². The van der Waals surface area contributed by atoms with Crippen LogP contribution in [0.1, 0.15) is 77.0 Å². The maximum absolute atomic E-state index is 13.1. The van der Waals surface area contributed by atoms with Crippen LogP contribution in [0.25, 0.3) is 0 Å². The number of rotatable bonds is 19. The Morgan fingerprint density at radius 3 is 1.45 bits per heavy atom. The van der Waals surface area contributed by atoms with Crippen molar-refractivity contribution in [2.45, 2.75) is 267 Å². The highest BCUT2D eigenvalue weighted by Crippen LogP contribution is 2.43. The Labute approximate surface area is 510 Å². The molecule has 0 radical (unpaired) electrons. The number of hydrogen-bond acceptors (Lipinski definition) is 31. The van der Waals surface area contributed by atoms with Crippen molar-refractivity contribution >= 4 is 11.9 Å². The zero-order chi connectivity index (χ0) is 64.3. The van der Waals surface area contributed by atoms with Gasteiger partial charge in [-0.25, -0.2) is 9.59 Å². The summed E-state index contributed by atoms with van der Waals surface area (Å²) >= 11 is 0. The lowest BCUT2D eigenvalue weighted by atomic mass is 9.72. The molecular formula is C57H91O32+. The van der Waals surface area contributed by atoms with Gasteiger partial charge in [-0.15, -0.1) is 0 Å². The first-order valence-electron chi connectivity index (χ1n) is 30.8. The van der Waals surface area contributed by atoms with E-state index in [0.29, 0.717) is 19.3 Å². The molecule has 510 valence electrons. The van der Waals surface area contributed by atoms with Crippen molar-refractivity contribution in [1.29, 1.82) is 0 Å². The first-order valence-corrected chi connectivity index (χ1v) is 30.8. The van der Waals surface area contributed by atoms with E-state index in [9.17, 15) is 107 Å². The zero-order valence-electron chi connectivity index (χ0n) is 48.7. The molecule has 4 saturated carbocycles. The fraction of sp³-hybridized carbons (Fsp3) is 0.895. The molecule has 9 fully saturated rings. The maximum atomic E-state index is 13.1. The second-order valence-electron chi connectivity index (χ2n) is 25.3. The third-order valence-corrected chi connectivity index (χ3v) is 19.2. The first-order chi connectivity index (χ1) is 42.3. The van der Waals surface area contributed by atoms with Crippen LogP contribution in [0.2, 0.25) is 0 Å². The maximum Gasteiger partial charge on any atom is 0.330 e. The van der Waals surface area contributed by atoms with Crippen LogP contribution in [0.5, 0.6) is 0 Å². The van der Waals surface area contributed by atoms with E-state index in [-0.39, 0.29) is 69.6 Å². The van der Waals surface area contributed by atoms with Gasteiger partial charge in [-0.1, -0.05) is 12.2 Å². The van der Waals surface area contributed by atoms with Gasteiger partial charge in [-0.05, 0) is 76.0 Å². The summed E-state index contributed by atoms with van der Waals surface area (Å²) in [6, 6.07) is 0. The summed E-state index contributed by atoms with van der Waals surface area (Å²) in [4.78, 5) is 25.9. The molecule has 0 spiro atoms. The highest BCUT2D eigenvalue weighted by atomic mass is 16.8. The number of aliphatic hydroxyl groups is 21. The number of ether oxygens (including phenoxy) is 11. The summed E-state index contributed by atoms with van der Waals surface area (Å²) in [5.41, 5.74) is 0. The lowest BCUT2D eigenvalue weighted by Gasteiger charge is -2.49. The van der Waals surface area contributed by atoms with E-state index >= 15 is 0 Å². The van der Waals surface area contributed by atoms with Gasteiger partial charge < -0.3 is 149 Å². The molecule has 89 heavy (non-hydrogen) atoms. The summed E-state index contributed by atoms with van der Waals surface area (Å²) in [6.07, 6.45) is -36.6. The summed E-state index contributed by atoms with van der Waals surface area (Å²) in [6.45, 7) is -2.82. The number of hydrogen-bond donors (Lipinski definition) is 19. The van der Waals surface area contributed by atoms with Gasteiger partial charge in [0.15, 0.2) is 37.4 Å². The Hall–Kier alpha value is -2.70. The minimum absolute atomic E-state index is 0.0103. The molecule has 9 rings (SSSR count). The number of allylic oxidation sites excluding steroid dienone is 2. The molecule has 32 heteroatoms. The van der Waals surface area contributed by atoms with E-state index in [4.69, 9.17) is 52.1 Å². The van der Waals surface area contributed by atoms with Gasteiger partial charge in [0, 0.05) is 30.9 Å². The molecule has 32 nitrogen and oxygen atoms in total. The smallest absolute Gasteiger partial charge is 0.330 e. The molecule has 9 aliphatic rings. The number of carbonyl (C=O) groups excluding carboxylic acids is 2. The fourth-order valence-corrected chi connectivity index (χ4v) is 13.8. The summed E-state index contributed by atoms with van der Waals surface area (Å²) in [7, 11) is 0. The normalized spacial score (nSPS) is 50.1. The van der Waals surface area contributed by atoms with E-state index in [1.807, 2.05) is 0 Å². The summed E-state index contributed by atoms with van der Waals surface area (Å²) in [5, 5.41) is 202. The zero-order valence-corrected chi connectivity index (χ0v) is 48.7. The number of aliphatic hydroxyl groups excluding tert-OH is 19. The van der Waals surface area contributed by atoms with Crippen molar-refractivity contribution in [2.24, 2.45) is 23.7 Å². The minimum Gasteiger partial charge on any atom is -0.460 e. The van der Waals surface area contributed by atoms with Crippen molar-refractivity contribution in [2.75, 3.05) is 26.4 Å². The molecule has 20 N–H and O–H groups in total. The summed E-state index contributed by atoms with van der Waals surface area (Å²) in [5.74, 6) is -3.51. The van der Waals surface area contributed by atoms with E-state index in [1.165, 1.54) is 12.2 Å². The van der Waals surface area contributed by atoms with E-state index < -0.39 is 240 Å². The van der Waals surface area contributed by atoms with Crippen LogP contribution in [0.4, 0.5) is 0 Å². The standard InChI is InChI=1S/C57H90O32/c58-17-35-41(68)45(72)49(76)55(85-35)83-33-12-22(1-6-27(33)62)4-10-40(67)79-19-37-43(70)46(73)50(77)54(87-37)82-31-8-2-21(11-30(31)65)3-9-39(66)80-20-38-44(71)47(74)51(78)56(88-38)89-53-48(75)42(69)36(18-59)86-57(53)84-34-16-25-28(63)14-24(60)15-32(25)81-52(34)23-5-7-26(61)29(64)13-23/h3-4,9-10,21-38,41-65,68-78H,1-2,5-8,11-20H2/p+1. The van der Waals surface area contributed by atoms with Crippen LogP contribution < -0.4 is 0 Å². The quantitative estimate of drug-likeness (QED) is 0.0324. The van der Waals surface area contributed by atoms with Gasteiger partial charge in [0.1, 0.15) is 117 Å². The van der Waals surface area contributed by atoms with Crippen LogP contribution in [0, 0.1) is 23.7 Å². The Bertz CT molecular complexity index is 2300. The third kappa shape index (κ3) is 16.7. The van der Waals surface area contributed by atoms with Crippen molar-refractivity contribution in [1.82, 2.24) is 0 Å². The number of carbonyl (C=O) groups is 2. The molecule has 35 unspecified atom stereocenters. The molecule has 5 aliphatic heterocycles. The Morgan fingerprint density at radius 2 is 0.888 bits per heavy atom. The van der Waals surface area contributed by atoms with Gasteiger partial charge in [0.2, 0.25) is 0 Å². The Morgan fingerprint density at radius 1 is 0.404 bits per heavy atom. The van der Waals surface area contributed by atoms with Gasteiger partial charge in [0.25, 0.3) is 0 Å². The fourth-order valence-electron chi connectivity index (χ4n) is 13.8. The third-order valence-electron chi connectivity index (χ3n) is 19.2. The lowest BCUT2D eigenvalue weighted by Crippen LogP contribution is -2.66. The molecule has 5 heterocycles. The van der Waals surface area contributed by atoms with Crippen LogP contribution in [0.3, 0.4) is 0 Å². The second kappa shape index (κ2) is 31.2. The van der Waals surface area contributed by atoms with E-state index in [1.54, 1.807) is 0 Å². The molecular weight excluding hydrogens is 1200 g/mol. The van der Waals surface area contributed by atoms with Crippen molar-refractivity contribution in [3.05, 3.63) is 24.3 Å². The highest BCUT2D eigenvalue weighted by Gasteiger charge is 2.57. The topological polar surface area (TPSA) is 524 Å². The summed E-state index contributed by atoms with van der Waals surface area (Å²) < 4.78 is 62.7. The molecule has 0 amide bonds. The predicted octanol–water partition coefficient (Wildman–Crippen LogP) is -8.78. The van der Waals surface area contributed by atoms with E-state index in [2.05, 4.69) is 0 Å². The lowest BCUT2D eigenvalue weighted by molar-refractivity contribution is -0.387. The monoisotopic (exact) mass is 1290 g/mol. The Kier molecular flexibility index (Phi) is 24.8. The second-order valence-corrected chi connectivity index (χ2v) is 25.3. The first kappa shape index (κ1) is 70.6. The van der Waals surface area contributed by atoms with Crippen LogP contribution in [-0.2, 0) is 57.0 Å². The van der Waals surface area contributed by atoms with Gasteiger partial charge in [-0.2, -0.15) is 0 Å².